The molecule has 0 heterocycles. The monoisotopic (exact) mass is 247 g/mol. The quantitative estimate of drug-likeness (QED) is 0.605. The van der Waals surface area contributed by atoms with Gasteiger partial charge in [-0.2, -0.15) is 8.78 Å². The Hall–Kier alpha value is -1.14. The van der Waals surface area contributed by atoms with E-state index in [2.05, 4.69) is 0 Å². The number of rotatable bonds is 4. The van der Waals surface area contributed by atoms with E-state index in [1.807, 2.05) is 0 Å². The predicted octanol–water partition coefficient (Wildman–Crippen LogP) is 2.63. The molecule has 88 valence electrons. The van der Waals surface area contributed by atoms with E-state index in [1.165, 1.54) is 26.3 Å². The highest BCUT2D eigenvalue weighted by Crippen LogP contribution is 2.28. The smallest absolute Gasteiger partial charge is 0.274 e. The van der Waals surface area contributed by atoms with E-state index < -0.39 is 11.7 Å². The summed E-state index contributed by atoms with van der Waals surface area (Å²) in [4.78, 5) is 16.7. The zero-order valence-corrected chi connectivity index (χ0v) is 9.63. The first-order valence-electron chi connectivity index (χ1n) is 4.42. The molecule has 1 rings (SSSR count). The maximum absolute atomic E-state index is 12.3. The average molecular weight is 247 g/mol. The van der Waals surface area contributed by atoms with Gasteiger partial charge in [-0.25, -0.2) is 5.06 Å². The van der Waals surface area contributed by atoms with Gasteiger partial charge in [0, 0.05) is 11.9 Å². The van der Waals surface area contributed by atoms with E-state index in [0.29, 0.717) is 11.8 Å². The van der Waals surface area contributed by atoms with Crippen molar-refractivity contribution in [1.29, 1.82) is 0 Å². The highest BCUT2D eigenvalue weighted by atomic mass is 32.2. The third kappa shape index (κ3) is 3.18. The van der Waals surface area contributed by atoms with Gasteiger partial charge in [0.15, 0.2) is 0 Å². The number of alkyl halides is 2. The molecule has 0 fully saturated rings. The van der Waals surface area contributed by atoms with Crippen molar-refractivity contribution in [1.82, 2.24) is 5.06 Å². The topological polar surface area (TPSA) is 29.5 Å². The summed E-state index contributed by atoms with van der Waals surface area (Å²) in [5.74, 6) is -3.01. The van der Waals surface area contributed by atoms with E-state index in [1.54, 1.807) is 12.1 Å². The van der Waals surface area contributed by atoms with Crippen LogP contribution in [0.25, 0.3) is 0 Å². The van der Waals surface area contributed by atoms with Crippen LogP contribution in [0.15, 0.2) is 29.2 Å². The van der Waals surface area contributed by atoms with Crippen molar-refractivity contribution in [3.63, 3.8) is 0 Å². The second-order valence-corrected chi connectivity index (χ2v) is 3.89. The van der Waals surface area contributed by atoms with Gasteiger partial charge in [0.1, 0.15) is 0 Å². The summed E-state index contributed by atoms with van der Waals surface area (Å²) in [6, 6.07) is 6.19. The van der Waals surface area contributed by atoms with Gasteiger partial charge in [0.25, 0.3) is 11.7 Å². The summed E-state index contributed by atoms with van der Waals surface area (Å²) in [5.41, 5.74) is 0.206. The maximum Gasteiger partial charge on any atom is 0.288 e. The number of thioether (sulfide) groups is 1. The number of amides is 1. The zero-order chi connectivity index (χ0) is 12.1. The first-order valence-corrected chi connectivity index (χ1v) is 5.30. The van der Waals surface area contributed by atoms with Crippen LogP contribution in [-0.4, -0.2) is 30.9 Å². The lowest BCUT2D eigenvalue weighted by atomic mass is 10.2. The molecule has 1 amide bonds. The lowest BCUT2D eigenvalue weighted by Crippen LogP contribution is -2.25. The summed E-state index contributed by atoms with van der Waals surface area (Å²) < 4.78 is 24.5. The molecular weight excluding hydrogens is 236 g/mol. The SMILES string of the molecule is CON(C)C(=O)c1ccccc1SC(F)F. The van der Waals surface area contributed by atoms with Gasteiger partial charge in [-0.1, -0.05) is 23.9 Å². The minimum Gasteiger partial charge on any atom is -0.274 e. The number of carbonyl (C=O) groups is 1. The Morgan fingerprint density at radius 2 is 2.06 bits per heavy atom. The van der Waals surface area contributed by atoms with Crippen LogP contribution < -0.4 is 0 Å². The van der Waals surface area contributed by atoms with Crippen LogP contribution in [0.1, 0.15) is 10.4 Å². The number of halogens is 2. The lowest BCUT2D eigenvalue weighted by Gasteiger charge is -2.15. The Morgan fingerprint density at radius 1 is 1.44 bits per heavy atom. The van der Waals surface area contributed by atoms with Crippen molar-refractivity contribution in [2.75, 3.05) is 14.2 Å². The molecule has 0 aliphatic rings. The highest BCUT2D eigenvalue weighted by molar-refractivity contribution is 7.99. The molecule has 16 heavy (non-hydrogen) atoms. The fourth-order valence-electron chi connectivity index (χ4n) is 1.09. The van der Waals surface area contributed by atoms with Crippen molar-refractivity contribution in [2.24, 2.45) is 0 Å². The van der Waals surface area contributed by atoms with Crippen LogP contribution in [0.5, 0.6) is 0 Å². The van der Waals surface area contributed by atoms with Gasteiger partial charge in [-0.05, 0) is 12.1 Å². The predicted molar refractivity (Wildman–Crippen MR) is 57.4 cm³/mol. The first-order chi connectivity index (χ1) is 7.56. The van der Waals surface area contributed by atoms with E-state index in [-0.39, 0.29) is 10.5 Å². The third-order valence-corrected chi connectivity index (χ3v) is 2.68. The Morgan fingerprint density at radius 3 is 2.62 bits per heavy atom. The summed E-state index contributed by atoms with van der Waals surface area (Å²) in [7, 11) is 2.76. The van der Waals surface area contributed by atoms with E-state index in [4.69, 9.17) is 4.84 Å². The second kappa shape index (κ2) is 5.81. The molecule has 0 aliphatic heterocycles. The molecule has 0 saturated heterocycles. The van der Waals surface area contributed by atoms with Gasteiger partial charge >= 0.3 is 0 Å². The Kier molecular flexibility index (Phi) is 4.70. The number of nitrogens with zero attached hydrogens (tertiary/aromatic N) is 1. The first kappa shape index (κ1) is 12.9. The Balaban J connectivity index is 2.98. The van der Waals surface area contributed by atoms with Gasteiger partial charge in [0.2, 0.25) is 0 Å². The van der Waals surface area contributed by atoms with Crippen LogP contribution in [0, 0.1) is 0 Å². The molecule has 0 atom stereocenters. The van der Waals surface area contributed by atoms with Crippen LogP contribution in [-0.2, 0) is 4.84 Å². The molecule has 0 radical (unpaired) electrons. The summed E-state index contributed by atoms with van der Waals surface area (Å²) in [6.07, 6.45) is 0. The number of hydroxylamine groups is 2. The number of hydrogen-bond donors (Lipinski definition) is 0. The summed E-state index contributed by atoms with van der Waals surface area (Å²) in [5, 5.41) is 0.991. The molecule has 0 saturated carbocycles. The molecule has 0 spiro atoms. The average Bonchev–Trinajstić information content (AvgIpc) is 2.27. The fourth-order valence-corrected chi connectivity index (χ4v) is 1.73. The molecule has 3 nitrogen and oxygen atoms in total. The van der Waals surface area contributed by atoms with Crippen molar-refractivity contribution in [2.45, 2.75) is 10.7 Å². The van der Waals surface area contributed by atoms with E-state index >= 15 is 0 Å². The third-order valence-electron chi connectivity index (χ3n) is 1.89. The standard InChI is InChI=1S/C10H11F2NO2S/c1-13(15-2)9(14)7-5-3-4-6-8(7)16-10(11)12/h3-6,10H,1-2H3. The molecule has 0 bridgehead atoms. The molecule has 1 aromatic rings. The zero-order valence-electron chi connectivity index (χ0n) is 8.81. The molecule has 0 aliphatic carbocycles. The molecule has 0 N–H and O–H groups in total. The molecule has 0 aromatic heterocycles. The lowest BCUT2D eigenvalue weighted by molar-refractivity contribution is -0.0759. The maximum atomic E-state index is 12.3. The molecule has 0 unspecified atom stereocenters. The van der Waals surface area contributed by atoms with Crippen molar-refractivity contribution in [3.05, 3.63) is 29.8 Å². The number of benzene rings is 1. The van der Waals surface area contributed by atoms with E-state index in [0.717, 1.165) is 5.06 Å². The minimum absolute atomic E-state index is 0.206. The number of carbonyl (C=O) groups excluding carboxylic acids is 1. The van der Waals surface area contributed by atoms with Gasteiger partial charge in [0.05, 0.1) is 12.7 Å². The molecular formula is C10H11F2NO2S. The van der Waals surface area contributed by atoms with Crippen molar-refractivity contribution < 1.29 is 18.4 Å². The highest BCUT2D eigenvalue weighted by Gasteiger charge is 2.17. The number of hydrogen-bond acceptors (Lipinski definition) is 3. The Labute approximate surface area is 96.3 Å². The van der Waals surface area contributed by atoms with Crippen LogP contribution in [0.3, 0.4) is 0 Å². The molecule has 1 aromatic carbocycles. The molecule has 6 heteroatoms. The van der Waals surface area contributed by atoms with Crippen LogP contribution in [0.4, 0.5) is 8.78 Å². The minimum atomic E-state index is -2.55. The normalized spacial score (nSPS) is 10.6. The van der Waals surface area contributed by atoms with Crippen LogP contribution in [0.2, 0.25) is 0 Å². The van der Waals surface area contributed by atoms with E-state index in [9.17, 15) is 13.6 Å². The van der Waals surface area contributed by atoms with Gasteiger partial charge < -0.3 is 0 Å². The van der Waals surface area contributed by atoms with Gasteiger partial charge in [-0.15, -0.1) is 0 Å². The fraction of sp³-hybridized carbons (Fsp3) is 0.300. The second-order valence-electron chi connectivity index (χ2n) is 2.86. The summed E-state index contributed by atoms with van der Waals surface area (Å²) in [6.45, 7) is 0. The largest absolute Gasteiger partial charge is 0.288 e. The van der Waals surface area contributed by atoms with Crippen LogP contribution >= 0.6 is 11.8 Å². The van der Waals surface area contributed by atoms with Gasteiger partial charge in [-0.3, -0.25) is 9.63 Å². The van der Waals surface area contributed by atoms with Crippen molar-refractivity contribution in [3.8, 4) is 0 Å². The Bertz CT molecular complexity index is 374. The summed E-state index contributed by atoms with van der Waals surface area (Å²) >= 11 is 0.345. The van der Waals surface area contributed by atoms with Crippen molar-refractivity contribution >= 4 is 17.7 Å².